The SMILES string of the molecule is CCCCCCCCCC[C@H]1CO[C@H](c2ccc(-c3ccc(C(=O)O)cc3)cc2)O[C@@H]1C. The molecule has 2 aromatic carbocycles. The van der Waals surface area contributed by atoms with E-state index < -0.39 is 5.97 Å². The Hall–Kier alpha value is -2.17. The summed E-state index contributed by atoms with van der Waals surface area (Å²) < 4.78 is 12.3. The molecule has 0 aliphatic carbocycles. The first-order valence-corrected chi connectivity index (χ1v) is 12.3. The molecule has 0 bridgehead atoms. The molecule has 1 saturated heterocycles. The molecule has 0 spiro atoms. The third-order valence-electron chi connectivity index (χ3n) is 6.54. The van der Waals surface area contributed by atoms with Crippen LogP contribution in [0, 0.1) is 5.92 Å². The molecule has 0 aromatic heterocycles. The summed E-state index contributed by atoms with van der Waals surface area (Å²) in [5.41, 5.74) is 3.35. The van der Waals surface area contributed by atoms with E-state index in [9.17, 15) is 4.79 Å². The van der Waals surface area contributed by atoms with Crippen LogP contribution >= 0.6 is 0 Å². The Kier molecular flexibility index (Phi) is 9.76. The Labute approximate surface area is 193 Å². The summed E-state index contributed by atoms with van der Waals surface area (Å²) in [6.07, 6.45) is 11.8. The average molecular weight is 439 g/mol. The van der Waals surface area contributed by atoms with Crippen molar-refractivity contribution >= 4 is 5.97 Å². The standard InChI is InChI=1S/C28H38O4/c1-3-4-5-6-7-8-9-10-11-26-20-31-28(32-21(26)2)25-18-14-23(15-19-25)22-12-16-24(17-13-22)27(29)30/h12-19,21,26,28H,3-11,20H2,1-2H3,(H,29,30)/t21-,26+,28+/m1/s1. The lowest BCUT2D eigenvalue weighted by molar-refractivity contribution is -0.237. The Morgan fingerprint density at radius 1 is 0.875 bits per heavy atom. The average Bonchev–Trinajstić information content (AvgIpc) is 2.82. The molecule has 2 aromatic rings. The van der Waals surface area contributed by atoms with Gasteiger partial charge in [0.05, 0.1) is 18.3 Å². The van der Waals surface area contributed by atoms with E-state index in [1.807, 2.05) is 36.4 Å². The number of rotatable bonds is 12. The van der Waals surface area contributed by atoms with Crippen molar-refractivity contribution in [2.75, 3.05) is 6.61 Å². The van der Waals surface area contributed by atoms with Crippen molar-refractivity contribution in [3.8, 4) is 11.1 Å². The van der Waals surface area contributed by atoms with Gasteiger partial charge in [-0.3, -0.25) is 0 Å². The topological polar surface area (TPSA) is 55.8 Å². The van der Waals surface area contributed by atoms with Crippen LogP contribution in [-0.4, -0.2) is 23.8 Å². The maximum atomic E-state index is 11.0. The maximum Gasteiger partial charge on any atom is 0.335 e. The van der Waals surface area contributed by atoms with Crippen molar-refractivity contribution in [1.29, 1.82) is 0 Å². The number of ether oxygens (including phenoxy) is 2. The zero-order chi connectivity index (χ0) is 22.8. The van der Waals surface area contributed by atoms with Gasteiger partial charge in [-0.15, -0.1) is 0 Å². The minimum absolute atomic E-state index is 0.196. The van der Waals surface area contributed by atoms with Gasteiger partial charge in [0.1, 0.15) is 0 Å². The summed E-state index contributed by atoms with van der Waals surface area (Å²) >= 11 is 0. The number of unbranched alkanes of at least 4 members (excludes halogenated alkanes) is 7. The molecule has 0 amide bonds. The fourth-order valence-corrected chi connectivity index (χ4v) is 4.36. The maximum absolute atomic E-state index is 11.0. The highest BCUT2D eigenvalue weighted by Crippen LogP contribution is 2.32. The van der Waals surface area contributed by atoms with Gasteiger partial charge >= 0.3 is 5.97 Å². The summed E-state index contributed by atoms with van der Waals surface area (Å²) in [7, 11) is 0. The van der Waals surface area contributed by atoms with E-state index in [1.165, 1.54) is 57.8 Å². The minimum Gasteiger partial charge on any atom is -0.478 e. The monoisotopic (exact) mass is 438 g/mol. The van der Waals surface area contributed by atoms with E-state index in [0.29, 0.717) is 11.5 Å². The van der Waals surface area contributed by atoms with Crippen LogP contribution in [0.25, 0.3) is 11.1 Å². The molecular formula is C28H38O4. The molecule has 0 radical (unpaired) electrons. The summed E-state index contributed by atoms with van der Waals surface area (Å²) in [5.74, 6) is -0.438. The normalized spacial score (nSPS) is 20.9. The number of carboxylic acids is 1. The zero-order valence-electron chi connectivity index (χ0n) is 19.6. The van der Waals surface area contributed by atoms with Crippen LogP contribution in [0.3, 0.4) is 0 Å². The molecule has 1 heterocycles. The molecule has 1 N–H and O–H groups in total. The molecule has 3 atom stereocenters. The van der Waals surface area contributed by atoms with E-state index in [-0.39, 0.29) is 12.4 Å². The first kappa shape index (κ1) is 24.5. The molecule has 3 rings (SSSR count). The van der Waals surface area contributed by atoms with E-state index in [2.05, 4.69) is 13.8 Å². The molecular weight excluding hydrogens is 400 g/mol. The van der Waals surface area contributed by atoms with Crippen molar-refractivity contribution in [2.45, 2.75) is 84.0 Å². The first-order chi connectivity index (χ1) is 15.6. The molecule has 1 aliphatic rings. The van der Waals surface area contributed by atoms with Gasteiger partial charge in [-0.25, -0.2) is 4.79 Å². The lowest BCUT2D eigenvalue weighted by Crippen LogP contribution is -2.34. The molecule has 4 heteroatoms. The molecule has 174 valence electrons. The second-order valence-electron chi connectivity index (χ2n) is 9.03. The molecule has 1 aliphatic heterocycles. The lowest BCUT2D eigenvalue weighted by atomic mass is 9.95. The predicted molar refractivity (Wildman–Crippen MR) is 129 cm³/mol. The summed E-state index contributed by atoms with van der Waals surface area (Å²) in [6.45, 7) is 5.18. The van der Waals surface area contributed by atoms with E-state index in [0.717, 1.165) is 23.3 Å². The van der Waals surface area contributed by atoms with Crippen LogP contribution in [0.2, 0.25) is 0 Å². The second-order valence-corrected chi connectivity index (χ2v) is 9.03. The largest absolute Gasteiger partial charge is 0.478 e. The molecule has 1 fully saturated rings. The van der Waals surface area contributed by atoms with Crippen LogP contribution in [0.1, 0.15) is 93.8 Å². The van der Waals surface area contributed by atoms with Gasteiger partial charge in [-0.1, -0.05) is 94.7 Å². The molecule has 0 saturated carbocycles. The fraction of sp³-hybridized carbons (Fsp3) is 0.536. The lowest BCUT2D eigenvalue weighted by Gasteiger charge is -2.35. The van der Waals surface area contributed by atoms with E-state index in [4.69, 9.17) is 14.6 Å². The van der Waals surface area contributed by atoms with Crippen molar-refractivity contribution in [2.24, 2.45) is 5.92 Å². The van der Waals surface area contributed by atoms with Gasteiger partial charge in [0.15, 0.2) is 6.29 Å². The van der Waals surface area contributed by atoms with Crippen LogP contribution in [0.15, 0.2) is 48.5 Å². The number of benzene rings is 2. The van der Waals surface area contributed by atoms with Crippen LogP contribution in [0.5, 0.6) is 0 Å². The predicted octanol–water partition coefficient (Wildman–Crippen LogP) is 7.63. The number of hydrogen-bond donors (Lipinski definition) is 1. The van der Waals surface area contributed by atoms with E-state index >= 15 is 0 Å². The number of aromatic carboxylic acids is 1. The molecule has 0 unspecified atom stereocenters. The Balaban J connectivity index is 1.42. The van der Waals surface area contributed by atoms with Crippen LogP contribution in [0.4, 0.5) is 0 Å². The smallest absolute Gasteiger partial charge is 0.335 e. The van der Waals surface area contributed by atoms with Crippen LogP contribution in [-0.2, 0) is 9.47 Å². The quantitative estimate of drug-likeness (QED) is 0.346. The van der Waals surface area contributed by atoms with Crippen molar-refractivity contribution in [3.63, 3.8) is 0 Å². The fourth-order valence-electron chi connectivity index (χ4n) is 4.36. The zero-order valence-corrected chi connectivity index (χ0v) is 19.6. The first-order valence-electron chi connectivity index (χ1n) is 12.3. The number of carboxylic acid groups (broad SMARTS) is 1. The van der Waals surface area contributed by atoms with Gasteiger partial charge < -0.3 is 14.6 Å². The summed E-state index contributed by atoms with van der Waals surface area (Å²) in [6, 6.07) is 15.1. The third kappa shape index (κ3) is 7.18. The van der Waals surface area contributed by atoms with Gasteiger partial charge in [-0.05, 0) is 36.6 Å². The second kappa shape index (κ2) is 12.8. The van der Waals surface area contributed by atoms with Crippen molar-refractivity contribution < 1.29 is 19.4 Å². The summed E-state index contributed by atoms with van der Waals surface area (Å²) in [4.78, 5) is 11.0. The minimum atomic E-state index is -0.909. The van der Waals surface area contributed by atoms with Gasteiger partial charge in [0.2, 0.25) is 0 Å². The highest BCUT2D eigenvalue weighted by atomic mass is 16.7. The van der Waals surface area contributed by atoms with Crippen molar-refractivity contribution in [3.05, 3.63) is 59.7 Å². The van der Waals surface area contributed by atoms with Gasteiger partial charge in [0.25, 0.3) is 0 Å². The number of hydrogen-bond acceptors (Lipinski definition) is 3. The van der Waals surface area contributed by atoms with Crippen LogP contribution < -0.4 is 0 Å². The van der Waals surface area contributed by atoms with Crippen molar-refractivity contribution in [1.82, 2.24) is 0 Å². The van der Waals surface area contributed by atoms with Gasteiger partial charge in [0, 0.05) is 11.5 Å². The Bertz CT molecular complexity index is 812. The number of carbonyl (C=O) groups is 1. The Morgan fingerprint density at radius 3 is 2.00 bits per heavy atom. The summed E-state index contributed by atoms with van der Waals surface area (Å²) in [5, 5.41) is 9.05. The Morgan fingerprint density at radius 2 is 1.44 bits per heavy atom. The highest BCUT2D eigenvalue weighted by molar-refractivity contribution is 5.88. The highest BCUT2D eigenvalue weighted by Gasteiger charge is 2.29. The third-order valence-corrected chi connectivity index (χ3v) is 6.54. The molecule has 32 heavy (non-hydrogen) atoms. The van der Waals surface area contributed by atoms with E-state index in [1.54, 1.807) is 12.1 Å². The molecule has 4 nitrogen and oxygen atoms in total. The van der Waals surface area contributed by atoms with Gasteiger partial charge in [-0.2, -0.15) is 0 Å².